The van der Waals surface area contributed by atoms with E-state index in [1.54, 1.807) is 0 Å². The average Bonchev–Trinajstić information content (AvgIpc) is 3.01. The van der Waals surface area contributed by atoms with Crippen LogP contribution in [0.25, 0.3) is 5.78 Å². The first-order chi connectivity index (χ1) is 13.0. The number of methoxy groups -OCH3 is 1. The van der Waals surface area contributed by atoms with Crippen LogP contribution in [0.5, 0.6) is 0 Å². The van der Waals surface area contributed by atoms with Crippen molar-refractivity contribution in [2.75, 3.05) is 11.8 Å². The van der Waals surface area contributed by atoms with Gasteiger partial charge in [0.25, 0.3) is 21.0 Å². The Morgan fingerprint density at radius 2 is 1.96 bits per heavy atom. The number of anilines is 1. The number of nitrogens with one attached hydrogen (secondary N) is 1. The van der Waals surface area contributed by atoms with Crippen LogP contribution in [-0.2, 0) is 27.5 Å². The number of sulfonamides is 1. The number of halogens is 4. The van der Waals surface area contributed by atoms with Crippen molar-refractivity contribution >= 4 is 21.5 Å². The lowest BCUT2D eigenvalue weighted by molar-refractivity contribution is -0.142. The fourth-order valence-electron chi connectivity index (χ4n) is 2.42. The molecule has 0 saturated heterocycles. The van der Waals surface area contributed by atoms with Crippen molar-refractivity contribution in [1.82, 2.24) is 19.6 Å². The molecule has 28 heavy (non-hydrogen) atoms. The van der Waals surface area contributed by atoms with Gasteiger partial charge in [-0.3, -0.25) is 4.72 Å². The summed E-state index contributed by atoms with van der Waals surface area (Å²) in [5.74, 6) is -1.45. The van der Waals surface area contributed by atoms with E-state index in [4.69, 9.17) is 4.74 Å². The summed E-state index contributed by atoms with van der Waals surface area (Å²) in [4.78, 5) is 7.32. The van der Waals surface area contributed by atoms with Crippen molar-refractivity contribution in [2.45, 2.75) is 24.9 Å². The molecule has 0 aliphatic rings. The van der Waals surface area contributed by atoms with E-state index in [1.807, 2.05) is 4.72 Å². The quantitative estimate of drug-likeness (QED) is 0.639. The van der Waals surface area contributed by atoms with E-state index in [0.29, 0.717) is 6.07 Å². The summed E-state index contributed by atoms with van der Waals surface area (Å²) in [6.45, 7) is 1.19. The molecule has 0 bridgehead atoms. The molecule has 1 N–H and O–H groups in total. The van der Waals surface area contributed by atoms with Gasteiger partial charge < -0.3 is 4.74 Å². The second-order valence-electron chi connectivity index (χ2n) is 5.70. The lowest BCUT2D eigenvalue weighted by Crippen LogP contribution is -2.18. The zero-order valence-corrected chi connectivity index (χ0v) is 15.3. The maximum atomic E-state index is 14.1. The summed E-state index contributed by atoms with van der Waals surface area (Å²) in [7, 11) is -3.28. The van der Waals surface area contributed by atoms with Crippen LogP contribution in [0.4, 0.5) is 23.2 Å². The number of benzene rings is 1. The molecular formula is C15H13F4N5O3S. The topological polar surface area (TPSA) is 98.5 Å². The van der Waals surface area contributed by atoms with E-state index in [9.17, 15) is 26.0 Å². The first-order valence-corrected chi connectivity index (χ1v) is 9.12. The highest BCUT2D eigenvalue weighted by Crippen LogP contribution is 2.30. The second kappa shape index (κ2) is 6.98. The van der Waals surface area contributed by atoms with Gasteiger partial charge in [0.05, 0.1) is 12.3 Å². The molecule has 0 amide bonds. The molecule has 0 spiro atoms. The molecule has 2 heterocycles. The maximum Gasteiger partial charge on any atom is 0.433 e. The molecule has 1 aromatic carbocycles. The molecule has 0 radical (unpaired) electrons. The largest absolute Gasteiger partial charge is 0.433 e. The third-order valence-corrected chi connectivity index (χ3v) is 4.71. The molecule has 3 rings (SSSR count). The number of aromatic nitrogens is 4. The van der Waals surface area contributed by atoms with Gasteiger partial charge in [0.2, 0.25) is 0 Å². The number of para-hydroxylation sites is 1. The number of ether oxygens (including phenoxy) is 1. The molecule has 0 saturated carbocycles. The third kappa shape index (κ3) is 3.75. The molecule has 13 heteroatoms. The number of hydrogen-bond acceptors (Lipinski definition) is 6. The monoisotopic (exact) mass is 419 g/mol. The van der Waals surface area contributed by atoms with Crippen LogP contribution in [0, 0.1) is 12.7 Å². The predicted molar refractivity (Wildman–Crippen MR) is 88.4 cm³/mol. The lowest BCUT2D eigenvalue weighted by Gasteiger charge is -2.11. The van der Waals surface area contributed by atoms with Crippen molar-refractivity contribution in [2.24, 2.45) is 0 Å². The molecule has 0 atom stereocenters. The summed E-state index contributed by atoms with van der Waals surface area (Å²) in [6.07, 6.45) is -4.81. The Bertz CT molecular complexity index is 1140. The van der Waals surface area contributed by atoms with Crippen LogP contribution < -0.4 is 4.72 Å². The zero-order valence-electron chi connectivity index (χ0n) is 14.5. The van der Waals surface area contributed by atoms with Crippen molar-refractivity contribution in [1.29, 1.82) is 0 Å². The summed E-state index contributed by atoms with van der Waals surface area (Å²) in [5.41, 5.74) is -1.50. The van der Waals surface area contributed by atoms with Gasteiger partial charge in [-0.05, 0) is 19.1 Å². The summed E-state index contributed by atoms with van der Waals surface area (Å²) < 4.78 is 85.9. The van der Waals surface area contributed by atoms with Gasteiger partial charge in [-0.25, -0.2) is 9.37 Å². The lowest BCUT2D eigenvalue weighted by atomic mass is 10.2. The Labute approximate surface area is 156 Å². The molecule has 0 fully saturated rings. The van der Waals surface area contributed by atoms with Gasteiger partial charge in [-0.2, -0.15) is 31.1 Å². The second-order valence-corrected chi connectivity index (χ2v) is 7.28. The normalized spacial score (nSPS) is 12.5. The highest BCUT2D eigenvalue weighted by atomic mass is 32.2. The SMILES string of the molecule is COCc1cccc(F)c1NS(=O)(=O)c1nc2nc(C)cc(C(F)(F)F)n2n1. The Morgan fingerprint density at radius 3 is 2.61 bits per heavy atom. The number of aryl methyl sites for hydroxylation is 1. The average molecular weight is 419 g/mol. The minimum atomic E-state index is -4.81. The molecular weight excluding hydrogens is 406 g/mol. The van der Waals surface area contributed by atoms with Crippen LogP contribution >= 0.6 is 0 Å². The highest BCUT2D eigenvalue weighted by molar-refractivity contribution is 7.92. The minimum Gasteiger partial charge on any atom is -0.380 e. The first-order valence-electron chi connectivity index (χ1n) is 7.63. The van der Waals surface area contributed by atoms with Crippen LogP contribution in [0.15, 0.2) is 29.4 Å². The van der Waals surface area contributed by atoms with Crippen molar-refractivity contribution in [3.05, 3.63) is 47.0 Å². The molecule has 0 aliphatic heterocycles. The summed E-state index contributed by atoms with van der Waals surface area (Å²) in [6, 6.07) is 4.50. The van der Waals surface area contributed by atoms with Crippen molar-refractivity contribution in [3.8, 4) is 0 Å². The van der Waals surface area contributed by atoms with Gasteiger partial charge >= 0.3 is 6.18 Å². The van der Waals surface area contributed by atoms with Gasteiger partial charge in [0.15, 0.2) is 5.69 Å². The minimum absolute atomic E-state index is 0.0272. The van der Waals surface area contributed by atoms with E-state index < -0.39 is 44.3 Å². The Hall–Kier alpha value is -2.80. The molecule has 8 nitrogen and oxygen atoms in total. The highest BCUT2D eigenvalue weighted by Gasteiger charge is 2.36. The van der Waals surface area contributed by atoms with Gasteiger partial charge in [0, 0.05) is 18.4 Å². The van der Waals surface area contributed by atoms with Gasteiger partial charge in [-0.15, -0.1) is 5.10 Å². The molecule has 0 aliphatic carbocycles. The molecule has 0 unspecified atom stereocenters. The van der Waals surface area contributed by atoms with E-state index in [1.165, 1.54) is 26.2 Å². The number of hydrogen-bond donors (Lipinski definition) is 1. The van der Waals surface area contributed by atoms with Crippen LogP contribution in [0.1, 0.15) is 17.0 Å². The third-order valence-electron chi connectivity index (χ3n) is 3.59. The Balaban J connectivity index is 2.10. The summed E-state index contributed by atoms with van der Waals surface area (Å²) in [5, 5.41) is 2.43. The Kier molecular flexibility index (Phi) is 4.97. The Morgan fingerprint density at radius 1 is 1.25 bits per heavy atom. The van der Waals surface area contributed by atoms with E-state index in [-0.39, 0.29) is 22.4 Å². The fraction of sp³-hybridized carbons (Fsp3) is 0.267. The van der Waals surface area contributed by atoms with Crippen molar-refractivity contribution in [3.63, 3.8) is 0 Å². The van der Waals surface area contributed by atoms with E-state index in [0.717, 1.165) is 6.07 Å². The van der Waals surface area contributed by atoms with Gasteiger partial charge in [0.1, 0.15) is 5.82 Å². The standard InChI is InChI=1S/C15H13F4N5O3S/c1-8-6-11(15(17,18)19)24-13(20-8)21-14(22-24)28(25,26)23-12-9(7-27-2)4-3-5-10(12)16/h3-6,23H,7H2,1-2H3. The summed E-state index contributed by atoms with van der Waals surface area (Å²) >= 11 is 0. The number of nitrogens with zero attached hydrogens (tertiary/aromatic N) is 4. The molecule has 150 valence electrons. The zero-order chi connectivity index (χ0) is 20.7. The number of rotatable bonds is 5. The van der Waals surface area contributed by atoms with Gasteiger partial charge in [-0.1, -0.05) is 12.1 Å². The molecule has 2 aromatic heterocycles. The van der Waals surface area contributed by atoms with Crippen LogP contribution in [-0.4, -0.2) is 35.1 Å². The fourth-order valence-corrected chi connectivity index (χ4v) is 3.40. The predicted octanol–water partition coefficient (Wildman–Crippen LogP) is 2.54. The smallest absolute Gasteiger partial charge is 0.380 e. The number of fused-ring (bicyclic) bond motifs is 1. The maximum absolute atomic E-state index is 14.1. The van der Waals surface area contributed by atoms with Crippen molar-refractivity contribution < 1.29 is 30.7 Å². The van der Waals surface area contributed by atoms with E-state index in [2.05, 4.69) is 15.1 Å². The first kappa shape index (κ1) is 19.9. The number of alkyl halides is 3. The molecule has 3 aromatic rings. The van der Waals surface area contributed by atoms with Crippen LogP contribution in [0.3, 0.4) is 0 Å². The van der Waals surface area contributed by atoms with E-state index >= 15 is 0 Å². The van der Waals surface area contributed by atoms with Crippen LogP contribution in [0.2, 0.25) is 0 Å².